The molecule has 1 aromatic carbocycles. The van der Waals surface area contributed by atoms with Gasteiger partial charge in [-0.3, -0.25) is 4.79 Å². The third-order valence-electron chi connectivity index (χ3n) is 5.81. The Morgan fingerprint density at radius 2 is 1.83 bits per heavy atom. The van der Waals surface area contributed by atoms with Crippen LogP contribution in [0.4, 0.5) is 0 Å². The summed E-state index contributed by atoms with van der Waals surface area (Å²) in [4.78, 5) is 15.1. The van der Waals surface area contributed by atoms with Crippen LogP contribution in [-0.2, 0) is 14.8 Å². The van der Waals surface area contributed by atoms with Gasteiger partial charge in [-0.2, -0.15) is 4.31 Å². The SMILES string of the molecule is COc1ccc(OC)c(S(=O)(=O)N2CCCC(C(=O)NC3CCN(C)CC3)C2)c1. The Morgan fingerprint density at radius 1 is 1.10 bits per heavy atom. The van der Waals surface area contributed by atoms with E-state index < -0.39 is 10.0 Å². The molecule has 2 aliphatic heterocycles. The summed E-state index contributed by atoms with van der Waals surface area (Å²) in [5.41, 5.74) is 0. The van der Waals surface area contributed by atoms with Gasteiger partial charge in [0.05, 0.1) is 20.1 Å². The van der Waals surface area contributed by atoms with Crippen molar-refractivity contribution in [3.8, 4) is 11.5 Å². The van der Waals surface area contributed by atoms with Gasteiger partial charge < -0.3 is 19.7 Å². The molecule has 2 aliphatic rings. The lowest BCUT2D eigenvalue weighted by atomic mass is 9.97. The Labute approximate surface area is 173 Å². The van der Waals surface area contributed by atoms with Crippen LogP contribution in [-0.4, -0.2) is 77.0 Å². The minimum Gasteiger partial charge on any atom is -0.497 e. The molecule has 1 unspecified atom stereocenters. The quantitative estimate of drug-likeness (QED) is 0.740. The molecular weight excluding hydrogens is 394 g/mol. The number of carbonyl (C=O) groups is 1. The van der Waals surface area contributed by atoms with Crippen LogP contribution in [0.2, 0.25) is 0 Å². The van der Waals surface area contributed by atoms with Gasteiger partial charge in [-0.05, 0) is 58.0 Å². The second kappa shape index (κ2) is 9.32. The zero-order valence-corrected chi connectivity index (χ0v) is 18.2. The van der Waals surface area contributed by atoms with E-state index in [9.17, 15) is 13.2 Å². The Hall–Kier alpha value is -1.84. The lowest BCUT2D eigenvalue weighted by molar-refractivity contribution is -0.127. The number of ether oxygens (including phenoxy) is 2. The lowest BCUT2D eigenvalue weighted by Gasteiger charge is -2.34. The fourth-order valence-corrected chi connectivity index (χ4v) is 5.67. The zero-order chi connectivity index (χ0) is 21.0. The van der Waals surface area contributed by atoms with Crippen molar-refractivity contribution < 1.29 is 22.7 Å². The van der Waals surface area contributed by atoms with Gasteiger partial charge in [-0.15, -0.1) is 0 Å². The molecule has 1 atom stereocenters. The molecule has 0 bridgehead atoms. The second-order valence-electron chi connectivity index (χ2n) is 7.81. The number of amides is 1. The van der Waals surface area contributed by atoms with Gasteiger partial charge in [0.15, 0.2) is 0 Å². The average Bonchev–Trinajstić information content (AvgIpc) is 2.74. The first-order chi connectivity index (χ1) is 13.8. The summed E-state index contributed by atoms with van der Waals surface area (Å²) in [7, 11) is 1.20. The summed E-state index contributed by atoms with van der Waals surface area (Å²) in [5, 5.41) is 3.13. The first-order valence-electron chi connectivity index (χ1n) is 10.1. The van der Waals surface area contributed by atoms with Crippen LogP contribution in [0.1, 0.15) is 25.7 Å². The highest BCUT2D eigenvalue weighted by Gasteiger charge is 2.35. The number of likely N-dealkylation sites (tertiary alicyclic amines) is 1. The van der Waals surface area contributed by atoms with Crippen LogP contribution in [0, 0.1) is 5.92 Å². The number of benzene rings is 1. The van der Waals surface area contributed by atoms with Crippen LogP contribution in [0.3, 0.4) is 0 Å². The summed E-state index contributed by atoms with van der Waals surface area (Å²) in [6, 6.07) is 4.88. The van der Waals surface area contributed by atoms with Crippen LogP contribution < -0.4 is 14.8 Å². The summed E-state index contributed by atoms with van der Waals surface area (Å²) < 4.78 is 38.4. The minimum atomic E-state index is -3.80. The predicted octanol–water partition coefficient (Wildman–Crippen LogP) is 1.31. The number of carbonyl (C=O) groups excluding carboxylic acids is 1. The number of methoxy groups -OCH3 is 2. The van der Waals surface area contributed by atoms with Crippen molar-refractivity contribution in [3.05, 3.63) is 18.2 Å². The Kier molecular flexibility index (Phi) is 7.02. The first-order valence-corrected chi connectivity index (χ1v) is 11.5. The van der Waals surface area contributed by atoms with Crippen molar-refractivity contribution in [2.24, 2.45) is 5.92 Å². The van der Waals surface area contributed by atoms with E-state index in [0.29, 0.717) is 25.1 Å². The molecule has 162 valence electrons. The monoisotopic (exact) mass is 425 g/mol. The van der Waals surface area contributed by atoms with Crippen LogP contribution in [0.5, 0.6) is 11.5 Å². The van der Waals surface area contributed by atoms with E-state index in [2.05, 4.69) is 17.3 Å². The van der Waals surface area contributed by atoms with E-state index in [1.165, 1.54) is 24.6 Å². The molecule has 0 aliphatic carbocycles. The normalized spacial score (nSPS) is 22.2. The van der Waals surface area contributed by atoms with Crippen molar-refractivity contribution in [2.75, 3.05) is 47.4 Å². The molecule has 2 heterocycles. The smallest absolute Gasteiger partial charge is 0.246 e. The molecule has 8 nitrogen and oxygen atoms in total. The third kappa shape index (κ3) is 5.02. The molecule has 1 N–H and O–H groups in total. The maximum atomic E-state index is 13.3. The Balaban J connectivity index is 1.72. The van der Waals surface area contributed by atoms with Crippen molar-refractivity contribution in [1.29, 1.82) is 0 Å². The standard InChI is InChI=1S/C20H31N3O5S/c1-22-11-8-16(9-12-22)21-20(24)15-5-4-10-23(14-15)29(25,26)19-13-17(27-2)6-7-18(19)28-3/h6-7,13,15-16H,4-5,8-12,14H2,1-3H3,(H,21,24). The molecule has 1 aromatic rings. The molecule has 0 saturated carbocycles. The van der Waals surface area contributed by atoms with Gasteiger partial charge in [0.25, 0.3) is 0 Å². The van der Waals surface area contributed by atoms with Crippen LogP contribution in [0.15, 0.2) is 23.1 Å². The number of piperidine rings is 2. The third-order valence-corrected chi connectivity index (χ3v) is 7.69. The number of hydrogen-bond acceptors (Lipinski definition) is 6. The van der Waals surface area contributed by atoms with Crippen molar-refractivity contribution in [1.82, 2.24) is 14.5 Å². The van der Waals surface area contributed by atoms with E-state index in [4.69, 9.17) is 9.47 Å². The molecule has 9 heteroatoms. The molecule has 1 amide bonds. The van der Waals surface area contributed by atoms with E-state index in [1.807, 2.05) is 0 Å². The minimum absolute atomic E-state index is 0.0444. The summed E-state index contributed by atoms with van der Waals surface area (Å²) in [6.45, 7) is 2.50. The fourth-order valence-electron chi connectivity index (χ4n) is 3.97. The molecule has 2 saturated heterocycles. The van der Waals surface area contributed by atoms with Gasteiger partial charge >= 0.3 is 0 Å². The second-order valence-corrected chi connectivity index (χ2v) is 9.71. The molecule has 0 radical (unpaired) electrons. The zero-order valence-electron chi connectivity index (χ0n) is 17.4. The molecule has 29 heavy (non-hydrogen) atoms. The van der Waals surface area contributed by atoms with Crippen molar-refractivity contribution in [2.45, 2.75) is 36.6 Å². The van der Waals surface area contributed by atoms with Gasteiger partial charge in [-0.25, -0.2) is 8.42 Å². The highest BCUT2D eigenvalue weighted by atomic mass is 32.2. The Bertz CT molecular complexity index is 821. The van der Waals surface area contributed by atoms with Gasteiger partial charge in [0, 0.05) is 25.2 Å². The van der Waals surface area contributed by atoms with Gasteiger partial charge in [-0.1, -0.05) is 0 Å². The van der Waals surface area contributed by atoms with Crippen molar-refractivity contribution in [3.63, 3.8) is 0 Å². The Morgan fingerprint density at radius 3 is 2.48 bits per heavy atom. The molecule has 0 spiro atoms. The number of hydrogen-bond donors (Lipinski definition) is 1. The maximum absolute atomic E-state index is 13.3. The fraction of sp³-hybridized carbons (Fsp3) is 0.650. The van der Waals surface area contributed by atoms with Crippen LogP contribution >= 0.6 is 0 Å². The number of nitrogens with zero attached hydrogens (tertiary/aromatic N) is 2. The topological polar surface area (TPSA) is 88.2 Å². The first kappa shape index (κ1) is 21.9. The van der Waals surface area contributed by atoms with E-state index >= 15 is 0 Å². The largest absolute Gasteiger partial charge is 0.497 e. The lowest BCUT2D eigenvalue weighted by Crippen LogP contribution is -2.49. The molecule has 0 aromatic heterocycles. The molecule has 3 rings (SSSR count). The van der Waals surface area contributed by atoms with Crippen LogP contribution in [0.25, 0.3) is 0 Å². The summed E-state index contributed by atoms with van der Waals surface area (Å²) >= 11 is 0. The van der Waals surface area contributed by atoms with Crippen molar-refractivity contribution >= 4 is 15.9 Å². The van der Waals surface area contributed by atoms with Gasteiger partial charge in [0.2, 0.25) is 15.9 Å². The maximum Gasteiger partial charge on any atom is 0.246 e. The van der Waals surface area contributed by atoms with E-state index in [0.717, 1.165) is 25.9 Å². The number of sulfonamides is 1. The van der Waals surface area contributed by atoms with Gasteiger partial charge in [0.1, 0.15) is 16.4 Å². The predicted molar refractivity (Wildman–Crippen MR) is 110 cm³/mol. The molecular formula is C20H31N3O5S. The highest BCUT2D eigenvalue weighted by Crippen LogP contribution is 2.32. The summed E-state index contributed by atoms with van der Waals surface area (Å²) in [5.74, 6) is 0.327. The highest BCUT2D eigenvalue weighted by molar-refractivity contribution is 7.89. The molecule has 2 fully saturated rings. The van der Waals surface area contributed by atoms with E-state index in [1.54, 1.807) is 12.1 Å². The van der Waals surface area contributed by atoms with E-state index in [-0.39, 0.29) is 35.1 Å². The number of rotatable bonds is 6. The summed E-state index contributed by atoms with van der Waals surface area (Å²) in [6.07, 6.45) is 3.20. The average molecular weight is 426 g/mol. The number of nitrogens with one attached hydrogen (secondary N) is 1.